The molecule has 0 aliphatic carbocycles. The molecule has 0 spiro atoms. The maximum absolute atomic E-state index is 12.7. The second-order valence-corrected chi connectivity index (χ2v) is 8.92. The molecule has 1 aromatic heterocycles. The Kier molecular flexibility index (Phi) is 6.70. The number of rotatable bonds is 8. The van der Waals surface area contributed by atoms with Gasteiger partial charge in [0.2, 0.25) is 15.9 Å². The zero-order valence-electron chi connectivity index (χ0n) is 16.8. The Bertz CT molecular complexity index is 1300. The van der Waals surface area contributed by atoms with E-state index >= 15 is 0 Å². The van der Waals surface area contributed by atoms with Gasteiger partial charge in [0, 0.05) is 18.8 Å². The van der Waals surface area contributed by atoms with Crippen molar-refractivity contribution in [3.63, 3.8) is 0 Å². The summed E-state index contributed by atoms with van der Waals surface area (Å²) in [5.41, 5.74) is 0.751. The molecular formula is C24H19ClN2O4S. The van der Waals surface area contributed by atoms with E-state index in [1.54, 1.807) is 72.9 Å². The van der Waals surface area contributed by atoms with Gasteiger partial charge in [0.25, 0.3) is 0 Å². The highest BCUT2D eigenvalue weighted by atomic mass is 35.5. The number of aromatic nitrogens is 1. The van der Waals surface area contributed by atoms with Gasteiger partial charge in [-0.05, 0) is 60.2 Å². The highest BCUT2D eigenvalue weighted by molar-refractivity contribution is 7.89. The van der Waals surface area contributed by atoms with Crippen LogP contribution in [0.15, 0.2) is 102 Å². The molecule has 32 heavy (non-hydrogen) atoms. The quantitative estimate of drug-likeness (QED) is 0.355. The highest BCUT2D eigenvalue weighted by Gasteiger charge is 2.14. The molecule has 0 aliphatic rings. The maximum Gasteiger partial charge on any atom is 0.240 e. The molecule has 0 unspecified atom stereocenters. The van der Waals surface area contributed by atoms with Crippen LogP contribution in [0, 0.1) is 0 Å². The predicted molar refractivity (Wildman–Crippen MR) is 123 cm³/mol. The van der Waals surface area contributed by atoms with Gasteiger partial charge in [0.1, 0.15) is 17.2 Å². The van der Waals surface area contributed by atoms with Gasteiger partial charge >= 0.3 is 0 Å². The van der Waals surface area contributed by atoms with Crippen LogP contribution >= 0.6 is 11.6 Å². The second-order valence-electron chi connectivity index (χ2n) is 6.75. The minimum atomic E-state index is -3.71. The molecule has 0 bridgehead atoms. The van der Waals surface area contributed by atoms with E-state index in [2.05, 4.69) is 9.71 Å². The van der Waals surface area contributed by atoms with Crippen LogP contribution < -0.4 is 14.2 Å². The summed E-state index contributed by atoms with van der Waals surface area (Å²) in [6, 6.07) is 25.7. The molecule has 0 atom stereocenters. The minimum Gasteiger partial charge on any atom is -0.456 e. The van der Waals surface area contributed by atoms with Crippen molar-refractivity contribution < 1.29 is 17.9 Å². The number of hydrogen-bond donors (Lipinski definition) is 1. The third kappa shape index (κ3) is 5.64. The Labute approximate surface area is 191 Å². The molecule has 0 aliphatic heterocycles. The van der Waals surface area contributed by atoms with Gasteiger partial charge in [0.15, 0.2) is 0 Å². The average Bonchev–Trinajstić information content (AvgIpc) is 2.81. The first-order valence-electron chi connectivity index (χ1n) is 9.69. The molecule has 0 saturated heterocycles. The van der Waals surface area contributed by atoms with Crippen molar-refractivity contribution in [2.24, 2.45) is 0 Å². The van der Waals surface area contributed by atoms with Crippen LogP contribution in [0.5, 0.6) is 23.1 Å². The molecule has 6 nitrogen and oxygen atoms in total. The molecule has 4 aromatic rings. The summed E-state index contributed by atoms with van der Waals surface area (Å²) in [7, 11) is -3.71. The molecule has 1 N–H and O–H groups in total. The number of hydrogen-bond acceptors (Lipinski definition) is 5. The van der Waals surface area contributed by atoms with Crippen LogP contribution in [0.4, 0.5) is 0 Å². The summed E-state index contributed by atoms with van der Waals surface area (Å²) in [6.07, 6.45) is 1.64. The van der Waals surface area contributed by atoms with Crippen molar-refractivity contribution in [1.29, 1.82) is 0 Å². The first-order chi connectivity index (χ1) is 15.5. The minimum absolute atomic E-state index is 0.111. The number of benzene rings is 3. The predicted octanol–water partition coefficient (Wildman–Crippen LogP) is 5.80. The largest absolute Gasteiger partial charge is 0.456 e. The van der Waals surface area contributed by atoms with Gasteiger partial charge in [0.05, 0.1) is 9.92 Å². The van der Waals surface area contributed by atoms with E-state index < -0.39 is 10.0 Å². The number of ether oxygens (including phenoxy) is 2. The van der Waals surface area contributed by atoms with Crippen molar-refractivity contribution >= 4 is 21.6 Å². The fourth-order valence-corrected chi connectivity index (χ4v) is 4.04. The van der Waals surface area contributed by atoms with Crippen molar-refractivity contribution in [1.82, 2.24) is 9.71 Å². The zero-order chi connectivity index (χ0) is 22.4. The summed E-state index contributed by atoms with van der Waals surface area (Å²) in [5, 5.41) is 0.472. The number of sulfonamides is 1. The van der Waals surface area contributed by atoms with Gasteiger partial charge < -0.3 is 9.47 Å². The molecule has 8 heteroatoms. The van der Waals surface area contributed by atoms with Crippen LogP contribution in [0.3, 0.4) is 0 Å². The average molecular weight is 467 g/mol. The zero-order valence-corrected chi connectivity index (χ0v) is 18.4. The number of halogens is 1. The Balaban J connectivity index is 1.40. The van der Waals surface area contributed by atoms with E-state index in [1.807, 2.05) is 12.1 Å². The van der Waals surface area contributed by atoms with E-state index in [0.717, 1.165) is 5.56 Å². The van der Waals surface area contributed by atoms with E-state index in [1.165, 1.54) is 12.1 Å². The molecular weight excluding hydrogens is 448 g/mol. The Morgan fingerprint density at radius 1 is 0.812 bits per heavy atom. The third-order valence-electron chi connectivity index (χ3n) is 4.42. The van der Waals surface area contributed by atoms with E-state index in [4.69, 9.17) is 21.1 Å². The van der Waals surface area contributed by atoms with Crippen LogP contribution in [0.25, 0.3) is 0 Å². The van der Waals surface area contributed by atoms with Crippen molar-refractivity contribution in [3.8, 4) is 23.1 Å². The van der Waals surface area contributed by atoms with Crippen LogP contribution in [-0.2, 0) is 16.6 Å². The van der Waals surface area contributed by atoms with Crippen LogP contribution in [0.1, 0.15) is 5.56 Å². The van der Waals surface area contributed by atoms with Crippen molar-refractivity contribution in [2.45, 2.75) is 11.4 Å². The van der Waals surface area contributed by atoms with E-state index in [0.29, 0.717) is 28.2 Å². The SMILES string of the molecule is O=S(=O)(NCc1cccc(Oc2ccccn2)c1)c1ccc(Oc2ccccc2Cl)cc1. The first-order valence-corrected chi connectivity index (χ1v) is 11.6. The van der Waals surface area contributed by atoms with Crippen molar-refractivity contribution in [2.75, 3.05) is 0 Å². The second kappa shape index (κ2) is 9.82. The maximum atomic E-state index is 12.7. The lowest BCUT2D eigenvalue weighted by atomic mass is 10.2. The first kappa shape index (κ1) is 21.8. The van der Waals surface area contributed by atoms with Gasteiger partial charge in [-0.1, -0.05) is 41.9 Å². The van der Waals surface area contributed by atoms with Gasteiger partial charge in [-0.15, -0.1) is 0 Å². The Morgan fingerprint density at radius 3 is 2.34 bits per heavy atom. The van der Waals surface area contributed by atoms with E-state index in [-0.39, 0.29) is 11.4 Å². The summed E-state index contributed by atoms with van der Waals surface area (Å²) >= 11 is 6.09. The smallest absolute Gasteiger partial charge is 0.240 e. The van der Waals surface area contributed by atoms with Gasteiger partial charge in [-0.25, -0.2) is 18.1 Å². The molecule has 4 rings (SSSR count). The third-order valence-corrected chi connectivity index (χ3v) is 6.15. The summed E-state index contributed by atoms with van der Waals surface area (Å²) in [5.74, 6) is 2.01. The number of para-hydroxylation sites is 1. The lowest BCUT2D eigenvalue weighted by Gasteiger charge is -2.10. The topological polar surface area (TPSA) is 77.5 Å². The summed E-state index contributed by atoms with van der Waals surface area (Å²) < 4.78 is 39.4. The molecule has 0 radical (unpaired) electrons. The van der Waals surface area contributed by atoms with Gasteiger partial charge in [-0.3, -0.25) is 0 Å². The van der Waals surface area contributed by atoms with Crippen LogP contribution in [-0.4, -0.2) is 13.4 Å². The highest BCUT2D eigenvalue weighted by Crippen LogP contribution is 2.29. The Morgan fingerprint density at radius 2 is 1.59 bits per heavy atom. The number of nitrogens with one attached hydrogen (secondary N) is 1. The molecule has 1 heterocycles. The molecule has 0 fully saturated rings. The summed E-state index contributed by atoms with van der Waals surface area (Å²) in [4.78, 5) is 4.25. The standard InChI is InChI=1S/C24H19ClN2O4S/c25-22-8-1-2-9-23(22)30-19-11-13-21(14-12-19)32(28,29)27-17-18-6-5-7-20(16-18)31-24-10-3-4-15-26-24/h1-16,27H,17H2. The lowest BCUT2D eigenvalue weighted by Crippen LogP contribution is -2.23. The number of pyridine rings is 1. The normalized spacial score (nSPS) is 11.2. The fraction of sp³-hybridized carbons (Fsp3) is 0.0417. The number of nitrogens with zero attached hydrogens (tertiary/aromatic N) is 1. The van der Waals surface area contributed by atoms with Gasteiger partial charge in [-0.2, -0.15) is 0 Å². The molecule has 0 saturated carbocycles. The monoisotopic (exact) mass is 466 g/mol. The fourth-order valence-electron chi connectivity index (χ4n) is 2.85. The van der Waals surface area contributed by atoms with Crippen LogP contribution in [0.2, 0.25) is 5.02 Å². The summed E-state index contributed by atoms with van der Waals surface area (Å²) in [6.45, 7) is 0.111. The van der Waals surface area contributed by atoms with E-state index in [9.17, 15) is 8.42 Å². The molecule has 162 valence electrons. The lowest BCUT2D eigenvalue weighted by molar-refractivity contribution is 0.462. The Hall–Kier alpha value is -3.39. The molecule has 3 aromatic carbocycles. The molecule has 0 amide bonds. The van der Waals surface area contributed by atoms with Crippen molar-refractivity contribution in [3.05, 3.63) is 108 Å².